The highest BCUT2D eigenvalue weighted by atomic mass is 16.6. The van der Waals surface area contributed by atoms with Gasteiger partial charge >= 0.3 is 0 Å². The van der Waals surface area contributed by atoms with Crippen LogP contribution in [0.5, 0.6) is 5.75 Å². The number of anilines is 2. The number of ether oxygens (including phenoxy) is 1. The van der Waals surface area contributed by atoms with Crippen molar-refractivity contribution >= 4 is 17.4 Å². The van der Waals surface area contributed by atoms with Crippen LogP contribution in [0.4, 0.5) is 11.5 Å². The highest BCUT2D eigenvalue weighted by Gasteiger charge is 2.20. The maximum absolute atomic E-state index is 12.1. The first-order valence-electron chi connectivity index (χ1n) is 6.41. The van der Waals surface area contributed by atoms with Crippen molar-refractivity contribution in [3.05, 3.63) is 29.5 Å². The quantitative estimate of drug-likeness (QED) is 0.898. The molecule has 0 aliphatic carbocycles. The molecule has 0 unspecified atom stereocenters. The standard InChI is InChI=1S/C14H18N4O3/c1-14(2,3)8-5-6-10(20-4)9(7-8)16-13(19)11-12(15)18-21-17-11/h5-7H,1-4H3,(H2,15,18)(H,16,19). The van der Waals surface area contributed by atoms with Crippen LogP contribution in [-0.4, -0.2) is 23.3 Å². The summed E-state index contributed by atoms with van der Waals surface area (Å²) in [5.74, 6) is -0.0112. The van der Waals surface area contributed by atoms with E-state index in [1.165, 1.54) is 7.11 Å². The summed E-state index contributed by atoms with van der Waals surface area (Å²) >= 11 is 0. The molecular weight excluding hydrogens is 272 g/mol. The molecule has 0 fully saturated rings. The lowest BCUT2D eigenvalue weighted by atomic mass is 9.87. The zero-order valence-electron chi connectivity index (χ0n) is 12.4. The number of hydrogen-bond donors (Lipinski definition) is 2. The number of methoxy groups -OCH3 is 1. The van der Waals surface area contributed by atoms with Gasteiger partial charge in [-0.2, -0.15) is 0 Å². The Labute approximate surface area is 122 Å². The number of nitrogens with zero attached hydrogens (tertiary/aromatic N) is 2. The minimum atomic E-state index is -0.502. The molecule has 1 aromatic heterocycles. The van der Waals surface area contributed by atoms with Crippen molar-refractivity contribution in [2.45, 2.75) is 26.2 Å². The van der Waals surface area contributed by atoms with Crippen molar-refractivity contribution in [2.24, 2.45) is 0 Å². The smallest absolute Gasteiger partial charge is 0.281 e. The Hall–Kier alpha value is -2.57. The highest BCUT2D eigenvalue weighted by Crippen LogP contribution is 2.31. The molecule has 0 spiro atoms. The molecule has 0 aliphatic rings. The third-order valence-corrected chi connectivity index (χ3v) is 3.04. The van der Waals surface area contributed by atoms with Crippen LogP contribution in [0.3, 0.4) is 0 Å². The molecule has 0 saturated heterocycles. The molecule has 2 rings (SSSR count). The minimum Gasteiger partial charge on any atom is -0.495 e. The Balaban J connectivity index is 2.34. The van der Waals surface area contributed by atoms with Gasteiger partial charge in [0.25, 0.3) is 5.91 Å². The van der Waals surface area contributed by atoms with Crippen LogP contribution in [0.2, 0.25) is 0 Å². The van der Waals surface area contributed by atoms with E-state index in [0.717, 1.165) is 5.56 Å². The van der Waals surface area contributed by atoms with Gasteiger partial charge in [0.05, 0.1) is 12.8 Å². The SMILES string of the molecule is COc1ccc(C(C)(C)C)cc1NC(=O)c1nonc1N. The number of aromatic nitrogens is 2. The second kappa shape index (κ2) is 5.43. The molecule has 112 valence electrons. The molecule has 0 aliphatic heterocycles. The van der Waals surface area contributed by atoms with Crippen LogP contribution in [0, 0.1) is 0 Å². The molecule has 21 heavy (non-hydrogen) atoms. The molecule has 2 aromatic rings. The Morgan fingerprint density at radius 1 is 1.33 bits per heavy atom. The largest absolute Gasteiger partial charge is 0.495 e. The number of nitrogens with two attached hydrogens (primary N) is 1. The van der Waals surface area contributed by atoms with Crippen LogP contribution in [0.1, 0.15) is 36.8 Å². The van der Waals surface area contributed by atoms with Gasteiger partial charge in [-0.15, -0.1) is 0 Å². The maximum atomic E-state index is 12.1. The predicted molar refractivity (Wildman–Crippen MR) is 78.4 cm³/mol. The average Bonchev–Trinajstić information content (AvgIpc) is 2.84. The number of nitrogen functional groups attached to an aromatic ring is 1. The predicted octanol–water partition coefficient (Wildman–Crippen LogP) is 2.21. The fourth-order valence-corrected chi connectivity index (χ4v) is 1.81. The summed E-state index contributed by atoms with van der Waals surface area (Å²) < 4.78 is 9.68. The first-order chi connectivity index (χ1) is 9.82. The van der Waals surface area contributed by atoms with Gasteiger partial charge in [0.1, 0.15) is 5.75 Å². The molecule has 7 nitrogen and oxygen atoms in total. The Morgan fingerprint density at radius 2 is 2.05 bits per heavy atom. The molecule has 1 heterocycles. The Bertz CT molecular complexity index is 658. The number of nitrogens with one attached hydrogen (secondary N) is 1. The fraction of sp³-hybridized carbons (Fsp3) is 0.357. The van der Waals surface area contributed by atoms with E-state index in [1.54, 1.807) is 6.07 Å². The van der Waals surface area contributed by atoms with Crippen molar-refractivity contribution in [3.8, 4) is 5.75 Å². The molecule has 0 atom stereocenters. The molecule has 1 aromatic carbocycles. The summed E-state index contributed by atoms with van der Waals surface area (Å²) in [4.78, 5) is 12.1. The zero-order chi connectivity index (χ0) is 15.6. The van der Waals surface area contributed by atoms with E-state index in [-0.39, 0.29) is 16.9 Å². The number of benzene rings is 1. The summed E-state index contributed by atoms with van der Waals surface area (Å²) in [5.41, 5.74) is 6.99. The van der Waals surface area contributed by atoms with Crippen LogP contribution in [0.25, 0.3) is 0 Å². The normalized spacial score (nSPS) is 11.2. The number of amides is 1. The fourth-order valence-electron chi connectivity index (χ4n) is 1.81. The second-order valence-electron chi connectivity index (χ2n) is 5.62. The number of carbonyl (C=O) groups excluding carboxylic acids is 1. The van der Waals surface area contributed by atoms with E-state index in [1.807, 2.05) is 12.1 Å². The molecule has 1 amide bonds. The van der Waals surface area contributed by atoms with Gasteiger partial charge in [0.15, 0.2) is 0 Å². The van der Waals surface area contributed by atoms with E-state index < -0.39 is 5.91 Å². The topological polar surface area (TPSA) is 103 Å². The minimum absolute atomic E-state index is 0.0553. The first-order valence-corrected chi connectivity index (χ1v) is 6.41. The van der Waals surface area contributed by atoms with E-state index in [0.29, 0.717) is 11.4 Å². The lowest BCUT2D eigenvalue weighted by molar-refractivity contribution is 0.101. The van der Waals surface area contributed by atoms with Crippen LogP contribution < -0.4 is 15.8 Å². The van der Waals surface area contributed by atoms with Crippen molar-refractivity contribution in [1.82, 2.24) is 10.3 Å². The van der Waals surface area contributed by atoms with E-state index in [2.05, 4.69) is 41.0 Å². The van der Waals surface area contributed by atoms with Crippen molar-refractivity contribution in [3.63, 3.8) is 0 Å². The molecule has 7 heteroatoms. The van der Waals surface area contributed by atoms with E-state index in [9.17, 15) is 4.79 Å². The van der Waals surface area contributed by atoms with Gasteiger partial charge in [-0.05, 0) is 33.4 Å². The lowest BCUT2D eigenvalue weighted by Crippen LogP contribution is -2.16. The maximum Gasteiger partial charge on any atom is 0.281 e. The van der Waals surface area contributed by atoms with Gasteiger partial charge in [-0.1, -0.05) is 26.8 Å². The Morgan fingerprint density at radius 3 is 2.57 bits per heavy atom. The zero-order valence-corrected chi connectivity index (χ0v) is 12.4. The molecule has 3 N–H and O–H groups in total. The summed E-state index contributed by atoms with van der Waals surface area (Å²) in [6, 6.07) is 5.63. The lowest BCUT2D eigenvalue weighted by Gasteiger charge is -2.21. The molecule has 0 bridgehead atoms. The average molecular weight is 290 g/mol. The van der Waals surface area contributed by atoms with Gasteiger partial charge in [0, 0.05) is 0 Å². The second-order valence-corrected chi connectivity index (χ2v) is 5.62. The van der Waals surface area contributed by atoms with E-state index in [4.69, 9.17) is 10.5 Å². The van der Waals surface area contributed by atoms with Crippen LogP contribution in [0.15, 0.2) is 22.8 Å². The Kier molecular flexibility index (Phi) is 3.84. The highest BCUT2D eigenvalue weighted by molar-refractivity contribution is 6.06. The van der Waals surface area contributed by atoms with E-state index >= 15 is 0 Å². The molecule has 0 saturated carbocycles. The number of hydrogen-bond acceptors (Lipinski definition) is 6. The third-order valence-electron chi connectivity index (χ3n) is 3.04. The number of rotatable bonds is 3. The van der Waals surface area contributed by atoms with Crippen molar-refractivity contribution in [2.75, 3.05) is 18.2 Å². The summed E-state index contributed by atoms with van der Waals surface area (Å²) in [6.45, 7) is 6.25. The molecule has 0 radical (unpaired) electrons. The first kappa shape index (κ1) is 14.8. The van der Waals surface area contributed by atoms with Gasteiger partial charge in [0.2, 0.25) is 11.5 Å². The van der Waals surface area contributed by atoms with Crippen LogP contribution in [-0.2, 0) is 5.41 Å². The summed E-state index contributed by atoms with van der Waals surface area (Å²) in [7, 11) is 1.54. The molecular formula is C14H18N4O3. The van der Waals surface area contributed by atoms with Gasteiger partial charge in [-0.25, -0.2) is 4.63 Å². The van der Waals surface area contributed by atoms with Crippen molar-refractivity contribution in [1.29, 1.82) is 0 Å². The van der Waals surface area contributed by atoms with Crippen LogP contribution >= 0.6 is 0 Å². The monoisotopic (exact) mass is 290 g/mol. The summed E-state index contributed by atoms with van der Waals surface area (Å²) in [6.07, 6.45) is 0. The van der Waals surface area contributed by atoms with Gasteiger partial charge in [-0.3, -0.25) is 4.79 Å². The van der Waals surface area contributed by atoms with Gasteiger partial charge < -0.3 is 15.8 Å². The summed E-state index contributed by atoms with van der Waals surface area (Å²) in [5, 5.41) is 9.56. The number of carbonyl (C=O) groups is 1. The van der Waals surface area contributed by atoms with Crippen molar-refractivity contribution < 1.29 is 14.2 Å². The third kappa shape index (κ3) is 3.13.